The van der Waals surface area contributed by atoms with Crippen LogP contribution in [-0.2, 0) is 0 Å². The van der Waals surface area contributed by atoms with Crippen LogP contribution in [0.1, 0.15) is 11.6 Å². The summed E-state index contributed by atoms with van der Waals surface area (Å²) in [7, 11) is 0. The molecule has 3 heteroatoms. The van der Waals surface area contributed by atoms with Crippen LogP contribution in [0.15, 0.2) is 30.3 Å². The van der Waals surface area contributed by atoms with E-state index in [9.17, 15) is 8.78 Å². The van der Waals surface area contributed by atoms with Crippen LogP contribution in [0.3, 0.4) is 0 Å². The molecular weight excluding hydrogens is 160 g/mol. The fourth-order valence-corrected chi connectivity index (χ4v) is 1.37. The highest BCUT2D eigenvalue weighted by Gasteiger charge is 2.48. The summed E-state index contributed by atoms with van der Waals surface area (Å²) in [5, 5.41) is 2.70. The maximum atomic E-state index is 12.8. The number of hydrogen-bond donors (Lipinski definition) is 1. The molecule has 1 aromatic carbocycles. The quantitative estimate of drug-likeness (QED) is 0.677. The summed E-state index contributed by atoms with van der Waals surface area (Å²) in [5.74, 6) is -2.57. The molecule has 1 atom stereocenters. The zero-order valence-electron chi connectivity index (χ0n) is 6.43. The van der Waals surface area contributed by atoms with Gasteiger partial charge in [0.25, 0.3) is 5.92 Å². The monoisotopic (exact) mass is 169 g/mol. The van der Waals surface area contributed by atoms with Crippen molar-refractivity contribution in [3.63, 3.8) is 0 Å². The van der Waals surface area contributed by atoms with Gasteiger partial charge in [0.1, 0.15) is 0 Å². The molecule has 0 amide bonds. The third-order valence-corrected chi connectivity index (χ3v) is 2.10. The number of nitrogens with one attached hydrogen (secondary N) is 1. The molecule has 0 radical (unpaired) electrons. The van der Waals surface area contributed by atoms with E-state index >= 15 is 0 Å². The summed E-state index contributed by atoms with van der Waals surface area (Å²) >= 11 is 0. The van der Waals surface area contributed by atoms with Crippen molar-refractivity contribution < 1.29 is 8.78 Å². The Balaban J connectivity index is 2.22. The van der Waals surface area contributed by atoms with Gasteiger partial charge in [-0.05, 0) is 5.56 Å². The predicted molar refractivity (Wildman–Crippen MR) is 42.1 cm³/mol. The van der Waals surface area contributed by atoms with Gasteiger partial charge in [-0.15, -0.1) is 0 Å². The summed E-state index contributed by atoms with van der Waals surface area (Å²) in [6.45, 7) is -0.202. The second-order valence-corrected chi connectivity index (χ2v) is 2.99. The maximum Gasteiger partial charge on any atom is 0.279 e. The van der Waals surface area contributed by atoms with Crippen molar-refractivity contribution in [2.75, 3.05) is 6.54 Å². The van der Waals surface area contributed by atoms with Crippen LogP contribution in [0, 0.1) is 0 Å². The highest BCUT2D eigenvalue weighted by atomic mass is 19.3. The van der Waals surface area contributed by atoms with E-state index in [1.807, 2.05) is 6.07 Å². The van der Waals surface area contributed by atoms with Crippen LogP contribution in [-0.4, -0.2) is 12.5 Å². The minimum absolute atomic E-state index is 0.202. The molecule has 1 saturated heterocycles. The van der Waals surface area contributed by atoms with E-state index < -0.39 is 12.0 Å². The molecule has 1 nitrogen and oxygen atoms in total. The number of hydrogen-bond acceptors (Lipinski definition) is 1. The number of rotatable bonds is 1. The molecule has 0 saturated carbocycles. The summed E-state index contributed by atoms with van der Waals surface area (Å²) in [4.78, 5) is 0. The van der Waals surface area contributed by atoms with Gasteiger partial charge in [0.15, 0.2) is 0 Å². The standard InChI is InChI=1S/C9H9F2N/c10-9(11)6-12-8(9)7-4-2-1-3-5-7/h1-5,8,12H,6H2/t8-/m0/s1. The highest BCUT2D eigenvalue weighted by molar-refractivity contribution is 5.24. The fourth-order valence-electron chi connectivity index (χ4n) is 1.37. The zero-order valence-corrected chi connectivity index (χ0v) is 6.43. The van der Waals surface area contributed by atoms with Gasteiger partial charge in [-0.2, -0.15) is 0 Å². The normalized spacial score (nSPS) is 26.3. The lowest BCUT2D eigenvalue weighted by molar-refractivity contribution is -0.0970. The van der Waals surface area contributed by atoms with Crippen molar-refractivity contribution in [3.8, 4) is 0 Å². The minimum atomic E-state index is -2.57. The molecule has 0 bridgehead atoms. The largest absolute Gasteiger partial charge is 0.299 e. The van der Waals surface area contributed by atoms with E-state index in [2.05, 4.69) is 5.32 Å². The van der Waals surface area contributed by atoms with Gasteiger partial charge in [-0.3, -0.25) is 5.32 Å². The molecule has 0 aliphatic carbocycles. The fraction of sp³-hybridized carbons (Fsp3) is 0.333. The van der Waals surface area contributed by atoms with E-state index in [4.69, 9.17) is 0 Å². The van der Waals surface area contributed by atoms with Crippen molar-refractivity contribution >= 4 is 0 Å². The first kappa shape index (κ1) is 7.68. The lowest BCUT2D eigenvalue weighted by atomic mass is 9.94. The van der Waals surface area contributed by atoms with E-state index in [0.717, 1.165) is 0 Å². The number of benzene rings is 1. The van der Waals surface area contributed by atoms with Crippen LogP contribution in [0.2, 0.25) is 0 Å². The molecule has 1 fully saturated rings. The number of halogens is 2. The minimum Gasteiger partial charge on any atom is -0.299 e. The topological polar surface area (TPSA) is 12.0 Å². The molecule has 1 heterocycles. The SMILES string of the molecule is FC1(F)CN[C@H]1c1ccccc1. The first-order valence-electron chi connectivity index (χ1n) is 3.86. The van der Waals surface area contributed by atoms with Gasteiger partial charge in [0.05, 0.1) is 12.6 Å². The van der Waals surface area contributed by atoms with Crippen LogP contribution in [0.4, 0.5) is 8.78 Å². The van der Waals surface area contributed by atoms with Gasteiger partial charge in [0, 0.05) is 0 Å². The molecule has 0 aromatic heterocycles. The summed E-state index contributed by atoms with van der Waals surface area (Å²) < 4.78 is 25.7. The Bertz CT molecular complexity index is 271. The Morgan fingerprint density at radius 3 is 2.33 bits per heavy atom. The second kappa shape index (κ2) is 2.52. The highest BCUT2D eigenvalue weighted by Crippen LogP contribution is 2.37. The Kier molecular flexibility index (Phi) is 1.61. The van der Waals surface area contributed by atoms with Gasteiger partial charge in [0.2, 0.25) is 0 Å². The van der Waals surface area contributed by atoms with Crippen molar-refractivity contribution in [1.29, 1.82) is 0 Å². The molecule has 2 rings (SSSR count). The van der Waals surface area contributed by atoms with Crippen LogP contribution >= 0.6 is 0 Å². The van der Waals surface area contributed by atoms with E-state index in [1.165, 1.54) is 0 Å². The van der Waals surface area contributed by atoms with E-state index in [-0.39, 0.29) is 6.54 Å². The Morgan fingerprint density at radius 1 is 1.25 bits per heavy atom. The molecule has 0 unspecified atom stereocenters. The van der Waals surface area contributed by atoms with E-state index in [1.54, 1.807) is 24.3 Å². The summed E-state index contributed by atoms with van der Waals surface area (Å²) in [5.41, 5.74) is 0.661. The van der Waals surface area contributed by atoms with Crippen LogP contribution < -0.4 is 5.32 Å². The van der Waals surface area contributed by atoms with E-state index in [0.29, 0.717) is 5.56 Å². The number of alkyl halides is 2. The Morgan fingerprint density at radius 2 is 1.92 bits per heavy atom. The van der Waals surface area contributed by atoms with Gasteiger partial charge >= 0.3 is 0 Å². The molecule has 1 aromatic rings. The first-order chi connectivity index (χ1) is 5.70. The van der Waals surface area contributed by atoms with Crippen molar-refractivity contribution in [2.24, 2.45) is 0 Å². The molecular formula is C9H9F2N. The van der Waals surface area contributed by atoms with Gasteiger partial charge in [-0.1, -0.05) is 30.3 Å². The Labute approximate surface area is 69.4 Å². The Hall–Kier alpha value is -0.960. The van der Waals surface area contributed by atoms with Crippen molar-refractivity contribution in [3.05, 3.63) is 35.9 Å². The second-order valence-electron chi connectivity index (χ2n) is 2.99. The molecule has 64 valence electrons. The molecule has 1 aliphatic rings. The van der Waals surface area contributed by atoms with Gasteiger partial charge < -0.3 is 0 Å². The average molecular weight is 169 g/mol. The average Bonchev–Trinajstić information content (AvgIpc) is 2.05. The zero-order chi connectivity index (χ0) is 8.60. The lowest BCUT2D eigenvalue weighted by Gasteiger charge is -2.37. The summed E-state index contributed by atoms with van der Waals surface area (Å²) in [6.07, 6.45) is 0. The summed E-state index contributed by atoms with van der Waals surface area (Å²) in [6, 6.07) is 8.01. The van der Waals surface area contributed by atoms with Crippen LogP contribution in [0.25, 0.3) is 0 Å². The lowest BCUT2D eigenvalue weighted by Crippen LogP contribution is -2.55. The molecule has 1 aliphatic heterocycles. The van der Waals surface area contributed by atoms with Gasteiger partial charge in [-0.25, -0.2) is 8.78 Å². The van der Waals surface area contributed by atoms with Crippen LogP contribution in [0.5, 0.6) is 0 Å². The van der Waals surface area contributed by atoms with Crippen molar-refractivity contribution in [2.45, 2.75) is 12.0 Å². The smallest absolute Gasteiger partial charge is 0.279 e. The maximum absolute atomic E-state index is 12.8. The third-order valence-electron chi connectivity index (χ3n) is 2.10. The first-order valence-corrected chi connectivity index (χ1v) is 3.86. The predicted octanol–water partition coefficient (Wildman–Crippen LogP) is 1.97. The molecule has 1 N–H and O–H groups in total. The third kappa shape index (κ3) is 1.10. The molecule has 12 heavy (non-hydrogen) atoms. The molecule has 0 spiro atoms. The van der Waals surface area contributed by atoms with Crippen molar-refractivity contribution in [1.82, 2.24) is 5.32 Å².